The molecule has 7 heteroatoms. The van der Waals surface area contributed by atoms with Gasteiger partial charge >= 0.3 is 0 Å². The van der Waals surface area contributed by atoms with E-state index in [2.05, 4.69) is 15.3 Å². The molecule has 0 aliphatic carbocycles. The molecular weight excluding hydrogens is 251 g/mol. The third-order valence-electron chi connectivity index (χ3n) is 1.79. The highest BCUT2D eigenvalue weighted by Crippen LogP contribution is 2.29. The number of hydrogen-bond acceptors (Lipinski definition) is 4. The van der Waals surface area contributed by atoms with Crippen molar-refractivity contribution in [2.24, 2.45) is 5.10 Å². The Labute approximate surface area is 101 Å². The predicted octanol–water partition coefficient (Wildman–Crippen LogP) is 2.17. The zero-order chi connectivity index (χ0) is 11.5. The van der Waals surface area contributed by atoms with Crippen LogP contribution in [-0.4, -0.2) is 26.2 Å². The van der Waals surface area contributed by atoms with Crippen molar-refractivity contribution in [3.8, 4) is 5.75 Å². The molecule has 1 heterocycles. The zero-order valence-corrected chi connectivity index (χ0v) is 9.39. The van der Waals surface area contributed by atoms with Gasteiger partial charge in [0.2, 0.25) is 0 Å². The lowest BCUT2D eigenvalue weighted by Crippen LogP contribution is -1.88. The van der Waals surface area contributed by atoms with Gasteiger partial charge in [0.25, 0.3) is 0 Å². The van der Waals surface area contributed by atoms with E-state index in [-0.39, 0.29) is 10.8 Å². The first-order valence-electron chi connectivity index (χ1n) is 4.24. The van der Waals surface area contributed by atoms with Crippen molar-refractivity contribution in [1.82, 2.24) is 14.9 Å². The van der Waals surface area contributed by atoms with Gasteiger partial charge in [-0.3, -0.25) is 0 Å². The third kappa shape index (κ3) is 2.32. The monoisotopic (exact) mass is 256 g/mol. The van der Waals surface area contributed by atoms with Crippen LogP contribution in [0.4, 0.5) is 0 Å². The normalized spacial score (nSPS) is 11.1. The molecule has 0 unspecified atom stereocenters. The molecular formula is C9H6Cl2N4O. The van der Waals surface area contributed by atoms with Crippen LogP contribution >= 0.6 is 23.2 Å². The molecule has 0 amide bonds. The second-order valence-electron chi connectivity index (χ2n) is 2.91. The minimum atomic E-state index is -0.0668. The van der Waals surface area contributed by atoms with Crippen LogP contribution in [0.3, 0.4) is 0 Å². The quantitative estimate of drug-likeness (QED) is 0.838. The Morgan fingerprint density at radius 1 is 1.25 bits per heavy atom. The van der Waals surface area contributed by atoms with E-state index >= 15 is 0 Å². The van der Waals surface area contributed by atoms with Gasteiger partial charge in [-0.1, -0.05) is 23.2 Å². The number of halogens is 2. The molecule has 2 aromatic rings. The number of aromatic nitrogens is 3. The maximum absolute atomic E-state index is 9.63. The lowest BCUT2D eigenvalue weighted by Gasteiger charge is -2.01. The fourth-order valence-corrected chi connectivity index (χ4v) is 1.58. The van der Waals surface area contributed by atoms with Crippen molar-refractivity contribution in [1.29, 1.82) is 0 Å². The molecule has 0 saturated carbocycles. The zero-order valence-electron chi connectivity index (χ0n) is 7.88. The van der Waals surface area contributed by atoms with Crippen molar-refractivity contribution < 1.29 is 5.11 Å². The number of rotatable bonds is 2. The summed E-state index contributed by atoms with van der Waals surface area (Å²) >= 11 is 11.5. The van der Waals surface area contributed by atoms with E-state index in [0.29, 0.717) is 10.6 Å². The molecule has 0 bridgehead atoms. The van der Waals surface area contributed by atoms with Crippen LogP contribution in [0.2, 0.25) is 10.0 Å². The minimum Gasteiger partial charge on any atom is -0.506 e. The highest BCUT2D eigenvalue weighted by Gasteiger charge is 2.05. The highest BCUT2D eigenvalue weighted by atomic mass is 35.5. The van der Waals surface area contributed by atoms with Crippen molar-refractivity contribution in [3.05, 3.63) is 40.4 Å². The number of hydrogen-bond donors (Lipinski definition) is 1. The third-order valence-corrected chi connectivity index (χ3v) is 2.30. The van der Waals surface area contributed by atoms with Crippen LogP contribution in [0.1, 0.15) is 5.56 Å². The van der Waals surface area contributed by atoms with Crippen LogP contribution in [0.15, 0.2) is 29.9 Å². The summed E-state index contributed by atoms with van der Waals surface area (Å²) in [6.45, 7) is 0. The van der Waals surface area contributed by atoms with Gasteiger partial charge in [-0.05, 0) is 12.1 Å². The van der Waals surface area contributed by atoms with Crippen LogP contribution in [-0.2, 0) is 0 Å². The summed E-state index contributed by atoms with van der Waals surface area (Å²) in [5.41, 5.74) is 0.422. The molecule has 1 N–H and O–H groups in total. The molecule has 1 aromatic carbocycles. The van der Waals surface area contributed by atoms with Gasteiger partial charge in [0.05, 0.1) is 11.2 Å². The number of phenols is 1. The van der Waals surface area contributed by atoms with Gasteiger partial charge in [-0.2, -0.15) is 5.10 Å². The fourth-order valence-electron chi connectivity index (χ4n) is 1.07. The first kappa shape index (κ1) is 10.9. The Morgan fingerprint density at radius 3 is 2.62 bits per heavy atom. The average molecular weight is 257 g/mol. The van der Waals surface area contributed by atoms with Gasteiger partial charge in [0, 0.05) is 10.6 Å². The highest BCUT2D eigenvalue weighted by molar-refractivity contribution is 6.36. The Bertz CT molecular complexity index is 525. The molecule has 0 aliphatic rings. The largest absolute Gasteiger partial charge is 0.506 e. The number of benzene rings is 1. The summed E-state index contributed by atoms with van der Waals surface area (Å²) in [6.07, 6.45) is 4.25. The molecule has 5 nitrogen and oxygen atoms in total. The topological polar surface area (TPSA) is 63.3 Å². The van der Waals surface area contributed by atoms with Gasteiger partial charge < -0.3 is 5.11 Å². The molecule has 2 rings (SSSR count). The van der Waals surface area contributed by atoms with Crippen LogP contribution in [0.5, 0.6) is 5.75 Å². The molecule has 0 atom stereocenters. The number of nitrogens with zero attached hydrogens (tertiary/aromatic N) is 4. The van der Waals surface area contributed by atoms with Crippen LogP contribution < -0.4 is 0 Å². The first-order chi connectivity index (χ1) is 7.66. The average Bonchev–Trinajstić information content (AvgIpc) is 2.74. The first-order valence-corrected chi connectivity index (χ1v) is 4.99. The van der Waals surface area contributed by atoms with Crippen molar-refractivity contribution in [2.45, 2.75) is 0 Å². The molecule has 1 aromatic heterocycles. The second kappa shape index (κ2) is 4.51. The predicted molar refractivity (Wildman–Crippen MR) is 61.1 cm³/mol. The Kier molecular flexibility index (Phi) is 3.07. The van der Waals surface area contributed by atoms with Crippen molar-refractivity contribution in [2.75, 3.05) is 0 Å². The maximum Gasteiger partial charge on any atom is 0.143 e. The smallest absolute Gasteiger partial charge is 0.143 e. The molecule has 0 saturated heterocycles. The van der Waals surface area contributed by atoms with E-state index in [1.165, 1.54) is 29.6 Å². The Balaban J connectivity index is 2.34. The molecule has 0 aliphatic heterocycles. The van der Waals surface area contributed by atoms with Crippen LogP contribution in [0.25, 0.3) is 0 Å². The van der Waals surface area contributed by atoms with E-state index in [9.17, 15) is 5.11 Å². The molecule has 0 spiro atoms. The van der Waals surface area contributed by atoms with Gasteiger partial charge in [-0.15, -0.1) is 10.2 Å². The van der Waals surface area contributed by atoms with E-state index < -0.39 is 0 Å². The minimum absolute atomic E-state index is 0.0668. The Morgan fingerprint density at radius 2 is 1.94 bits per heavy atom. The maximum atomic E-state index is 9.63. The van der Waals surface area contributed by atoms with Gasteiger partial charge in [0.15, 0.2) is 0 Å². The molecule has 16 heavy (non-hydrogen) atoms. The van der Waals surface area contributed by atoms with E-state index in [1.54, 1.807) is 6.07 Å². The number of phenolic OH excluding ortho intramolecular Hbond substituents is 1. The SMILES string of the molecule is Oc1c(Cl)cc(Cl)cc1C=Nn1cnnc1. The van der Waals surface area contributed by atoms with E-state index in [0.717, 1.165) is 0 Å². The lowest BCUT2D eigenvalue weighted by molar-refractivity contribution is 0.474. The lowest BCUT2D eigenvalue weighted by atomic mass is 10.2. The molecule has 82 valence electrons. The molecule has 0 fully saturated rings. The van der Waals surface area contributed by atoms with E-state index in [1.807, 2.05) is 0 Å². The second-order valence-corrected chi connectivity index (χ2v) is 3.76. The summed E-state index contributed by atoms with van der Waals surface area (Å²) in [5.74, 6) is -0.0668. The number of aromatic hydroxyl groups is 1. The molecule has 0 radical (unpaired) electrons. The fraction of sp³-hybridized carbons (Fsp3) is 0. The van der Waals surface area contributed by atoms with Gasteiger partial charge in [0.1, 0.15) is 18.4 Å². The summed E-state index contributed by atoms with van der Waals surface area (Å²) in [6, 6.07) is 3.01. The van der Waals surface area contributed by atoms with Crippen molar-refractivity contribution >= 4 is 29.4 Å². The summed E-state index contributed by atoms with van der Waals surface area (Å²) < 4.78 is 1.38. The standard InChI is InChI=1S/C9H6Cl2N4O/c10-7-1-6(9(16)8(11)2-7)3-14-15-4-12-13-5-15/h1-5,16H. The van der Waals surface area contributed by atoms with Crippen LogP contribution in [0, 0.1) is 0 Å². The summed E-state index contributed by atoms with van der Waals surface area (Å²) in [5, 5.41) is 21.4. The summed E-state index contributed by atoms with van der Waals surface area (Å²) in [4.78, 5) is 0. The van der Waals surface area contributed by atoms with E-state index in [4.69, 9.17) is 23.2 Å². The Hall–Kier alpha value is -1.59. The van der Waals surface area contributed by atoms with Gasteiger partial charge in [-0.25, -0.2) is 4.68 Å². The summed E-state index contributed by atoms with van der Waals surface area (Å²) in [7, 11) is 0. The van der Waals surface area contributed by atoms with Crippen molar-refractivity contribution in [3.63, 3.8) is 0 Å².